The smallest absolute Gasteiger partial charge is 0.308 e. The summed E-state index contributed by atoms with van der Waals surface area (Å²) in [6.07, 6.45) is 42.8. The Morgan fingerprint density at radius 3 is 1.14 bits per heavy atom. The number of esters is 1. The standard InChI is InChI=1S/C43H87NO3.CH2O2/c1-4-7-10-13-16-17-18-19-20-21-22-23-27-32-37-44(39-40-45)38-33-28-24-29-34-41-47-43(46)42(35-30-25-14-11-8-5-2)36-31-26-15-12-9-6-3;2-1-3/h42,45H,4-41H2,1-3H3;1H,(H,2,3). The first-order chi connectivity index (χ1) is 24.6. The highest BCUT2D eigenvalue weighted by Crippen LogP contribution is 2.21. The number of hydrogen-bond acceptors (Lipinski definition) is 5. The highest BCUT2D eigenvalue weighted by atomic mass is 16.5. The summed E-state index contributed by atoms with van der Waals surface area (Å²) in [6.45, 7) is 10.5. The van der Waals surface area contributed by atoms with Crippen LogP contribution in [0.15, 0.2) is 0 Å². The first-order valence-electron chi connectivity index (χ1n) is 22.2. The molecular formula is C44H89NO5. The summed E-state index contributed by atoms with van der Waals surface area (Å²) in [5.41, 5.74) is 0. The summed E-state index contributed by atoms with van der Waals surface area (Å²) < 4.78 is 5.81. The van der Waals surface area contributed by atoms with E-state index in [9.17, 15) is 9.90 Å². The number of hydrogen-bond donors (Lipinski definition) is 2. The lowest BCUT2D eigenvalue weighted by molar-refractivity contribution is -0.149. The van der Waals surface area contributed by atoms with Crippen molar-refractivity contribution in [3.05, 3.63) is 0 Å². The molecule has 0 aliphatic carbocycles. The largest absolute Gasteiger partial charge is 0.483 e. The van der Waals surface area contributed by atoms with Crippen molar-refractivity contribution in [2.45, 2.75) is 233 Å². The molecule has 0 rings (SSSR count). The highest BCUT2D eigenvalue weighted by Gasteiger charge is 2.19. The second kappa shape index (κ2) is 45.9. The molecule has 50 heavy (non-hydrogen) atoms. The van der Waals surface area contributed by atoms with E-state index in [0.717, 1.165) is 45.3 Å². The Hall–Kier alpha value is -1.14. The quantitative estimate of drug-likeness (QED) is 0.0374. The topological polar surface area (TPSA) is 87.1 Å². The zero-order chi connectivity index (χ0) is 37.0. The summed E-state index contributed by atoms with van der Waals surface area (Å²) in [6, 6.07) is 0. The van der Waals surface area contributed by atoms with Crippen molar-refractivity contribution in [3.63, 3.8) is 0 Å². The second-order valence-electron chi connectivity index (χ2n) is 15.0. The molecule has 0 aliphatic heterocycles. The second-order valence-corrected chi connectivity index (χ2v) is 15.0. The molecule has 0 aromatic rings. The average molecular weight is 712 g/mol. The number of aliphatic hydroxyl groups excluding tert-OH is 1. The molecule has 0 atom stereocenters. The molecule has 0 amide bonds. The third-order valence-electron chi connectivity index (χ3n) is 10.3. The molecule has 0 spiro atoms. The summed E-state index contributed by atoms with van der Waals surface area (Å²) in [5.74, 6) is 0.194. The van der Waals surface area contributed by atoms with E-state index >= 15 is 0 Å². The summed E-state index contributed by atoms with van der Waals surface area (Å²) >= 11 is 0. The molecule has 0 bridgehead atoms. The molecule has 0 saturated heterocycles. The van der Waals surface area contributed by atoms with Gasteiger partial charge >= 0.3 is 5.97 Å². The lowest BCUT2D eigenvalue weighted by atomic mass is 9.94. The van der Waals surface area contributed by atoms with Gasteiger partial charge in [0.05, 0.1) is 19.1 Å². The minimum atomic E-state index is -0.250. The number of nitrogens with zero attached hydrogens (tertiary/aromatic N) is 1. The summed E-state index contributed by atoms with van der Waals surface area (Å²) in [7, 11) is 0. The number of aliphatic hydroxyl groups is 1. The highest BCUT2D eigenvalue weighted by molar-refractivity contribution is 5.72. The predicted octanol–water partition coefficient (Wildman–Crippen LogP) is 13.1. The van der Waals surface area contributed by atoms with Crippen LogP contribution in [0.2, 0.25) is 0 Å². The van der Waals surface area contributed by atoms with Gasteiger partial charge in [-0.05, 0) is 45.2 Å². The van der Waals surface area contributed by atoms with E-state index in [1.165, 1.54) is 186 Å². The van der Waals surface area contributed by atoms with Crippen molar-refractivity contribution < 1.29 is 24.5 Å². The van der Waals surface area contributed by atoms with Gasteiger partial charge in [0.15, 0.2) is 0 Å². The lowest BCUT2D eigenvalue weighted by Crippen LogP contribution is -2.29. The zero-order valence-electron chi connectivity index (χ0n) is 34.1. The minimum Gasteiger partial charge on any atom is -0.483 e. The van der Waals surface area contributed by atoms with E-state index in [4.69, 9.17) is 14.6 Å². The molecule has 0 aromatic heterocycles. The van der Waals surface area contributed by atoms with Gasteiger partial charge in [0.2, 0.25) is 0 Å². The van der Waals surface area contributed by atoms with E-state index in [2.05, 4.69) is 25.7 Å². The molecule has 0 aromatic carbocycles. The van der Waals surface area contributed by atoms with Crippen LogP contribution in [-0.2, 0) is 14.3 Å². The third kappa shape index (κ3) is 41.3. The monoisotopic (exact) mass is 712 g/mol. The van der Waals surface area contributed by atoms with Crippen LogP contribution in [0, 0.1) is 5.92 Å². The molecule has 6 nitrogen and oxygen atoms in total. The Labute approximate surface area is 312 Å². The van der Waals surface area contributed by atoms with E-state index in [-0.39, 0.29) is 25.0 Å². The van der Waals surface area contributed by atoms with Crippen LogP contribution in [0.1, 0.15) is 233 Å². The molecular weight excluding hydrogens is 622 g/mol. The normalized spacial score (nSPS) is 11.2. The number of carbonyl (C=O) groups is 2. The fraction of sp³-hybridized carbons (Fsp3) is 0.955. The number of ether oxygens (including phenoxy) is 1. The van der Waals surface area contributed by atoms with Gasteiger partial charge in [0.25, 0.3) is 6.47 Å². The molecule has 0 radical (unpaired) electrons. The molecule has 0 heterocycles. The average Bonchev–Trinajstić information content (AvgIpc) is 3.11. The first kappa shape index (κ1) is 51.0. The molecule has 6 heteroatoms. The van der Waals surface area contributed by atoms with Gasteiger partial charge in [-0.2, -0.15) is 0 Å². The van der Waals surface area contributed by atoms with Crippen LogP contribution in [0.4, 0.5) is 0 Å². The van der Waals surface area contributed by atoms with Gasteiger partial charge in [0.1, 0.15) is 0 Å². The van der Waals surface area contributed by atoms with Crippen LogP contribution in [-0.4, -0.2) is 60.4 Å². The maximum atomic E-state index is 12.9. The molecule has 0 fully saturated rings. The van der Waals surface area contributed by atoms with Crippen LogP contribution < -0.4 is 0 Å². The van der Waals surface area contributed by atoms with Gasteiger partial charge in [-0.1, -0.05) is 201 Å². The number of rotatable bonds is 40. The Morgan fingerprint density at radius 2 is 0.800 bits per heavy atom. The third-order valence-corrected chi connectivity index (χ3v) is 10.3. The maximum Gasteiger partial charge on any atom is 0.308 e. The van der Waals surface area contributed by atoms with E-state index in [1.807, 2.05) is 0 Å². The SMILES string of the molecule is CCCCCCCCCCCCCCCCN(CCO)CCCCCCCOC(=O)C(CCCCCCCC)CCCCCCCC.O=CO. The molecule has 2 N–H and O–H groups in total. The Bertz CT molecular complexity index is 630. The first-order valence-corrected chi connectivity index (χ1v) is 22.2. The van der Waals surface area contributed by atoms with Crippen LogP contribution in [0.25, 0.3) is 0 Å². The Kier molecular flexibility index (Phi) is 46.8. The van der Waals surface area contributed by atoms with Crippen LogP contribution in [0.3, 0.4) is 0 Å². The van der Waals surface area contributed by atoms with Crippen molar-refractivity contribution in [2.75, 3.05) is 32.8 Å². The summed E-state index contributed by atoms with van der Waals surface area (Å²) in [4.78, 5) is 23.8. The van der Waals surface area contributed by atoms with Crippen molar-refractivity contribution in [1.29, 1.82) is 0 Å². The van der Waals surface area contributed by atoms with Gasteiger partial charge in [0, 0.05) is 6.54 Å². The molecule has 0 saturated carbocycles. The molecule has 0 aliphatic rings. The Balaban J connectivity index is 0. The van der Waals surface area contributed by atoms with Gasteiger partial charge in [-0.15, -0.1) is 0 Å². The summed E-state index contributed by atoms with van der Waals surface area (Å²) in [5, 5.41) is 16.4. The van der Waals surface area contributed by atoms with E-state index < -0.39 is 0 Å². The van der Waals surface area contributed by atoms with E-state index in [0.29, 0.717) is 6.61 Å². The van der Waals surface area contributed by atoms with Crippen molar-refractivity contribution in [2.24, 2.45) is 5.92 Å². The lowest BCUT2D eigenvalue weighted by Gasteiger charge is -2.21. The van der Waals surface area contributed by atoms with Gasteiger partial charge in [-0.3, -0.25) is 9.59 Å². The predicted molar refractivity (Wildman–Crippen MR) is 216 cm³/mol. The van der Waals surface area contributed by atoms with Crippen molar-refractivity contribution in [1.82, 2.24) is 4.90 Å². The van der Waals surface area contributed by atoms with E-state index in [1.54, 1.807) is 0 Å². The van der Waals surface area contributed by atoms with Gasteiger partial charge in [-0.25, -0.2) is 0 Å². The minimum absolute atomic E-state index is 0.0789. The fourth-order valence-electron chi connectivity index (χ4n) is 6.99. The van der Waals surface area contributed by atoms with Gasteiger partial charge < -0.3 is 19.8 Å². The van der Waals surface area contributed by atoms with Crippen LogP contribution >= 0.6 is 0 Å². The fourth-order valence-corrected chi connectivity index (χ4v) is 6.99. The number of carboxylic acid groups (broad SMARTS) is 1. The van der Waals surface area contributed by atoms with Crippen LogP contribution in [0.5, 0.6) is 0 Å². The molecule has 0 unspecified atom stereocenters. The molecule has 300 valence electrons. The Morgan fingerprint density at radius 1 is 0.500 bits per heavy atom. The maximum absolute atomic E-state index is 12.9. The number of unbranched alkanes of at least 4 members (excludes halogenated alkanes) is 27. The van der Waals surface area contributed by atoms with Crippen molar-refractivity contribution in [3.8, 4) is 0 Å². The zero-order valence-corrected chi connectivity index (χ0v) is 34.1. The van der Waals surface area contributed by atoms with Crippen molar-refractivity contribution >= 4 is 12.4 Å². The number of carbonyl (C=O) groups excluding carboxylic acids is 1.